The van der Waals surface area contributed by atoms with Gasteiger partial charge in [0.15, 0.2) is 0 Å². The molecule has 0 aliphatic rings. The lowest BCUT2D eigenvalue weighted by molar-refractivity contribution is -0.119. The summed E-state index contributed by atoms with van der Waals surface area (Å²) in [6.07, 6.45) is 2.12. The van der Waals surface area contributed by atoms with Gasteiger partial charge in [0, 0.05) is 40.2 Å². The summed E-state index contributed by atoms with van der Waals surface area (Å²) in [5.74, 6) is -1.01. The van der Waals surface area contributed by atoms with Gasteiger partial charge in [-0.3, -0.25) is 9.59 Å². The van der Waals surface area contributed by atoms with Gasteiger partial charge in [0.1, 0.15) is 6.04 Å². The van der Waals surface area contributed by atoms with E-state index >= 15 is 0 Å². The number of rotatable bonds is 7. The summed E-state index contributed by atoms with van der Waals surface area (Å²) in [6, 6.07) is 31.8. The molecule has 2 heterocycles. The van der Waals surface area contributed by atoms with E-state index in [1.165, 1.54) is 0 Å². The van der Waals surface area contributed by atoms with Crippen molar-refractivity contribution in [2.45, 2.75) is 12.5 Å². The van der Waals surface area contributed by atoms with Crippen LogP contribution in [0.2, 0.25) is 0 Å². The Balaban J connectivity index is 1.33. The molecule has 1 atom stereocenters. The Bertz CT molecular complexity index is 1810. The molecule has 7 heteroatoms. The van der Waals surface area contributed by atoms with Gasteiger partial charge >= 0.3 is 0 Å². The molecular weight excluding hydrogens is 486 g/mol. The van der Waals surface area contributed by atoms with Crippen LogP contribution in [0.25, 0.3) is 44.5 Å². The molecule has 7 nitrogen and oxygen atoms in total. The van der Waals surface area contributed by atoms with Gasteiger partial charge in [0.2, 0.25) is 5.91 Å². The molecule has 0 saturated carbocycles. The van der Waals surface area contributed by atoms with E-state index in [4.69, 9.17) is 15.7 Å². The Hall–Kier alpha value is -5.30. The summed E-state index contributed by atoms with van der Waals surface area (Å²) >= 11 is 0. The Kier molecular flexibility index (Phi) is 6.31. The van der Waals surface area contributed by atoms with Crippen LogP contribution in [0.15, 0.2) is 109 Å². The van der Waals surface area contributed by atoms with E-state index in [1.54, 1.807) is 18.2 Å². The lowest BCUT2D eigenvalue weighted by Crippen LogP contribution is -2.45. The van der Waals surface area contributed by atoms with Crippen LogP contribution in [0, 0.1) is 0 Å². The Morgan fingerprint density at radius 1 is 0.769 bits per heavy atom. The summed E-state index contributed by atoms with van der Waals surface area (Å²) in [6.45, 7) is 0. The topological polar surface area (TPSA) is 114 Å². The van der Waals surface area contributed by atoms with E-state index in [2.05, 4.69) is 10.3 Å². The predicted octanol–water partition coefficient (Wildman–Crippen LogP) is 5.27. The molecule has 0 aliphatic heterocycles. The first kappa shape index (κ1) is 24.1. The molecule has 0 radical (unpaired) electrons. The lowest BCUT2D eigenvalue weighted by atomic mass is 10.0. The van der Waals surface area contributed by atoms with Crippen molar-refractivity contribution >= 4 is 33.8 Å². The smallest absolute Gasteiger partial charge is 0.252 e. The molecule has 39 heavy (non-hydrogen) atoms. The van der Waals surface area contributed by atoms with E-state index in [0.717, 1.165) is 39.0 Å². The molecule has 0 aliphatic carbocycles. The summed E-state index contributed by atoms with van der Waals surface area (Å²) in [5.41, 5.74) is 12.5. The highest BCUT2D eigenvalue weighted by atomic mass is 16.2. The standard InChI is InChI=1S/C32H25N5O2/c33-31(38)28(18-23-19-34-25-14-8-7-13-24(23)25)37-32(39)22-15-16-26-27(17-22)36-30(21-11-5-2-6-12-21)29(35-26)20-9-3-1-4-10-20/h1-17,19,28,34H,18H2,(H2,33,38)(H,37,39)/t28-/m0/s1. The predicted molar refractivity (Wildman–Crippen MR) is 153 cm³/mol. The number of H-pyrrole nitrogens is 1. The van der Waals surface area contributed by atoms with Gasteiger partial charge in [0.05, 0.1) is 22.4 Å². The first-order valence-corrected chi connectivity index (χ1v) is 12.6. The maximum absolute atomic E-state index is 13.3. The number of nitrogens with zero attached hydrogens (tertiary/aromatic N) is 2. The summed E-state index contributed by atoms with van der Waals surface area (Å²) < 4.78 is 0. The van der Waals surface area contributed by atoms with Gasteiger partial charge < -0.3 is 16.0 Å². The van der Waals surface area contributed by atoms with E-state index in [1.807, 2.05) is 91.1 Å². The van der Waals surface area contributed by atoms with E-state index < -0.39 is 17.9 Å². The lowest BCUT2D eigenvalue weighted by Gasteiger charge is -2.16. The maximum Gasteiger partial charge on any atom is 0.252 e. The molecular formula is C32H25N5O2. The average Bonchev–Trinajstić information content (AvgIpc) is 3.39. The van der Waals surface area contributed by atoms with Gasteiger partial charge in [0.25, 0.3) is 5.91 Å². The fourth-order valence-corrected chi connectivity index (χ4v) is 4.77. The number of carbonyl (C=O) groups is 2. The molecule has 190 valence electrons. The summed E-state index contributed by atoms with van der Waals surface area (Å²) in [7, 11) is 0. The van der Waals surface area contributed by atoms with Crippen LogP contribution < -0.4 is 11.1 Å². The fraction of sp³-hybridized carbons (Fsp3) is 0.0625. The number of aromatic amines is 1. The molecule has 4 N–H and O–H groups in total. The fourth-order valence-electron chi connectivity index (χ4n) is 4.77. The summed E-state index contributed by atoms with van der Waals surface area (Å²) in [4.78, 5) is 38.6. The number of para-hydroxylation sites is 1. The minimum absolute atomic E-state index is 0.275. The van der Waals surface area contributed by atoms with Crippen molar-refractivity contribution in [1.82, 2.24) is 20.3 Å². The Morgan fingerprint density at radius 2 is 1.38 bits per heavy atom. The second-order valence-corrected chi connectivity index (χ2v) is 9.35. The monoisotopic (exact) mass is 511 g/mol. The number of benzene rings is 4. The van der Waals surface area contributed by atoms with Crippen LogP contribution in [0.5, 0.6) is 0 Å². The Morgan fingerprint density at radius 3 is 2.05 bits per heavy atom. The zero-order valence-corrected chi connectivity index (χ0v) is 21.0. The molecule has 0 fully saturated rings. The minimum atomic E-state index is -0.876. The van der Waals surface area contributed by atoms with Crippen molar-refractivity contribution in [2.75, 3.05) is 0 Å². The number of nitrogens with two attached hydrogens (primary N) is 1. The number of primary amides is 1. The molecule has 0 bridgehead atoms. The number of hydrogen-bond acceptors (Lipinski definition) is 4. The maximum atomic E-state index is 13.3. The molecule has 2 amide bonds. The van der Waals surface area contributed by atoms with Crippen LogP contribution in [-0.2, 0) is 11.2 Å². The van der Waals surface area contributed by atoms with E-state index in [9.17, 15) is 9.59 Å². The highest BCUT2D eigenvalue weighted by Gasteiger charge is 2.22. The van der Waals surface area contributed by atoms with Gasteiger partial charge in [-0.1, -0.05) is 78.9 Å². The van der Waals surface area contributed by atoms with Crippen LogP contribution in [0.3, 0.4) is 0 Å². The van der Waals surface area contributed by atoms with Gasteiger partial charge in [-0.2, -0.15) is 0 Å². The zero-order chi connectivity index (χ0) is 26.8. The summed E-state index contributed by atoms with van der Waals surface area (Å²) in [5, 5.41) is 3.80. The van der Waals surface area contributed by atoms with Crippen molar-refractivity contribution < 1.29 is 9.59 Å². The van der Waals surface area contributed by atoms with Gasteiger partial charge in [-0.15, -0.1) is 0 Å². The number of hydrogen-bond donors (Lipinski definition) is 3. The second-order valence-electron chi connectivity index (χ2n) is 9.35. The minimum Gasteiger partial charge on any atom is -0.368 e. The highest BCUT2D eigenvalue weighted by molar-refractivity contribution is 6.00. The van der Waals surface area contributed by atoms with Crippen LogP contribution in [0.4, 0.5) is 0 Å². The Labute approximate surface area is 224 Å². The van der Waals surface area contributed by atoms with Crippen LogP contribution in [-0.4, -0.2) is 32.8 Å². The molecule has 2 aromatic heterocycles. The number of nitrogens with one attached hydrogen (secondary N) is 2. The van der Waals surface area contributed by atoms with Crippen molar-refractivity contribution in [2.24, 2.45) is 5.73 Å². The van der Waals surface area contributed by atoms with Crippen molar-refractivity contribution in [3.8, 4) is 22.5 Å². The number of fused-ring (bicyclic) bond motifs is 2. The van der Waals surface area contributed by atoms with Crippen molar-refractivity contribution in [3.63, 3.8) is 0 Å². The molecule has 0 spiro atoms. The first-order valence-electron chi connectivity index (χ1n) is 12.6. The number of carbonyl (C=O) groups excluding carboxylic acids is 2. The quantitative estimate of drug-likeness (QED) is 0.271. The molecule has 0 saturated heterocycles. The highest BCUT2D eigenvalue weighted by Crippen LogP contribution is 2.31. The largest absolute Gasteiger partial charge is 0.368 e. The van der Waals surface area contributed by atoms with Crippen molar-refractivity contribution in [3.05, 3.63) is 120 Å². The van der Waals surface area contributed by atoms with Crippen molar-refractivity contribution in [1.29, 1.82) is 0 Å². The number of amides is 2. The normalized spacial score (nSPS) is 11.9. The number of aromatic nitrogens is 3. The van der Waals surface area contributed by atoms with E-state index in [-0.39, 0.29) is 6.42 Å². The third-order valence-corrected chi connectivity index (χ3v) is 6.77. The van der Waals surface area contributed by atoms with Crippen LogP contribution >= 0.6 is 0 Å². The average molecular weight is 512 g/mol. The third-order valence-electron chi connectivity index (χ3n) is 6.77. The van der Waals surface area contributed by atoms with E-state index in [0.29, 0.717) is 16.6 Å². The second kappa shape index (κ2) is 10.2. The zero-order valence-electron chi connectivity index (χ0n) is 21.0. The molecule has 4 aromatic carbocycles. The van der Waals surface area contributed by atoms with Crippen LogP contribution in [0.1, 0.15) is 15.9 Å². The van der Waals surface area contributed by atoms with Gasteiger partial charge in [-0.05, 0) is 29.8 Å². The third kappa shape index (κ3) is 4.85. The molecule has 6 aromatic rings. The molecule has 0 unspecified atom stereocenters. The molecule has 6 rings (SSSR count). The van der Waals surface area contributed by atoms with Gasteiger partial charge in [-0.25, -0.2) is 9.97 Å². The SMILES string of the molecule is NC(=O)[C@H](Cc1c[nH]c2ccccc12)NC(=O)c1ccc2nc(-c3ccccc3)c(-c3ccccc3)nc2c1. The first-order chi connectivity index (χ1) is 19.1.